The highest BCUT2D eigenvalue weighted by atomic mass is 32.1. The van der Waals surface area contributed by atoms with Crippen molar-refractivity contribution >= 4 is 17.2 Å². The summed E-state index contributed by atoms with van der Waals surface area (Å²) in [4.78, 5) is 14.4. The first kappa shape index (κ1) is 14.3. The minimum atomic E-state index is 0.0944. The van der Waals surface area contributed by atoms with Crippen LogP contribution in [0.3, 0.4) is 0 Å². The molecule has 1 aliphatic rings. The van der Waals surface area contributed by atoms with Crippen LogP contribution in [0.2, 0.25) is 0 Å². The molecule has 0 saturated heterocycles. The van der Waals surface area contributed by atoms with E-state index in [0.717, 1.165) is 36.6 Å². The van der Waals surface area contributed by atoms with E-state index in [1.807, 2.05) is 13.0 Å². The monoisotopic (exact) mass is 277 g/mol. The molecule has 1 heterocycles. The lowest BCUT2D eigenvalue weighted by molar-refractivity contribution is 0.0958. The number of carbonyl (C=O) groups is 1. The van der Waals surface area contributed by atoms with Gasteiger partial charge in [0, 0.05) is 11.4 Å². The largest absolute Gasteiger partial charge is 0.351 e. The molecule has 0 spiro atoms. The summed E-state index contributed by atoms with van der Waals surface area (Å²) in [5, 5.41) is 2.99. The van der Waals surface area contributed by atoms with Crippen LogP contribution in [-0.4, -0.2) is 12.5 Å². The molecule has 1 aromatic heterocycles. The van der Waals surface area contributed by atoms with Crippen molar-refractivity contribution in [2.75, 3.05) is 6.54 Å². The van der Waals surface area contributed by atoms with Crippen molar-refractivity contribution in [1.82, 2.24) is 5.32 Å². The fourth-order valence-corrected chi connectivity index (χ4v) is 3.71. The highest BCUT2D eigenvalue weighted by molar-refractivity contribution is 7.14. The second kappa shape index (κ2) is 6.90. The molecule has 1 atom stereocenters. The van der Waals surface area contributed by atoms with Crippen molar-refractivity contribution in [2.24, 2.45) is 5.92 Å². The first-order valence-electron chi connectivity index (χ1n) is 7.25. The summed E-state index contributed by atoms with van der Waals surface area (Å²) in [6.45, 7) is 4.99. The van der Waals surface area contributed by atoms with E-state index in [4.69, 9.17) is 0 Å². The van der Waals surface area contributed by atoms with E-state index in [0.29, 0.717) is 0 Å². The fraction of sp³-hybridized carbons (Fsp3) is 0.562. The maximum atomic E-state index is 12.1. The quantitative estimate of drug-likeness (QED) is 0.640. The second-order valence-electron chi connectivity index (χ2n) is 5.19. The number of hydrogen-bond acceptors (Lipinski definition) is 2. The molecule has 1 N–H and O–H groups in total. The van der Waals surface area contributed by atoms with Crippen LogP contribution < -0.4 is 5.32 Å². The molecule has 2 nitrogen and oxygen atoms in total. The number of nitrogens with one attached hydrogen (secondary N) is 1. The average molecular weight is 277 g/mol. The smallest absolute Gasteiger partial charge is 0.261 e. The van der Waals surface area contributed by atoms with Gasteiger partial charge in [-0.2, -0.15) is 0 Å². The van der Waals surface area contributed by atoms with Gasteiger partial charge in [-0.15, -0.1) is 11.3 Å². The fourth-order valence-electron chi connectivity index (χ4n) is 2.58. The number of fused-ring (bicyclic) bond motifs is 1. The van der Waals surface area contributed by atoms with E-state index in [1.54, 1.807) is 11.3 Å². The van der Waals surface area contributed by atoms with Crippen molar-refractivity contribution in [1.29, 1.82) is 0 Å². The molecule has 1 amide bonds. The van der Waals surface area contributed by atoms with Gasteiger partial charge in [-0.25, -0.2) is 0 Å². The number of allylic oxidation sites excluding steroid dienone is 1. The van der Waals surface area contributed by atoms with Crippen LogP contribution in [0, 0.1) is 5.92 Å². The van der Waals surface area contributed by atoms with Crippen LogP contribution in [0.15, 0.2) is 18.2 Å². The van der Waals surface area contributed by atoms with Crippen LogP contribution in [0.5, 0.6) is 0 Å². The third-order valence-corrected chi connectivity index (χ3v) is 5.05. The second-order valence-corrected chi connectivity index (χ2v) is 6.33. The van der Waals surface area contributed by atoms with E-state index < -0.39 is 0 Å². The standard InChI is InChI=1S/C16H23NOS/c1-3-5-6-9-17-16(18)15-11-13-10-12(4-2)7-8-14(13)19-15/h3,5,11-12H,4,6-10H2,1-2H3,(H,17,18)/b5-3+. The third-order valence-electron chi connectivity index (χ3n) is 3.82. The minimum absolute atomic E-state index is 0.0944. The zero-order chi connectivity index (χ0) is 13.7. The molecule has 1 aliphatic carbocycles. The highest BCUT2D eigenvalue weighted by Gasteiger charge is 2.21. The maximum Gasteiger partial charge on any atom is 0.261 e. The summed E-state index contributed by atoms with van der Waals surface area (Å²) in [6.07, 6.45) is 9.85. The lowest BCUT2D eigenvalue weighted by Crippen LogP contribution is -2.23. The van der Waals surface area contributed by atoms with Crippen molar-refractivity contribution < 1.29 is 4.79 Å². The third kappa shape index (κ3) is 3.69. The molecule has 2 rings (SSSR count). The summed E-state index contributed by atoms with van der Waals surface area (Å²) in [7, 11) is 0. The van der Waals surface area contributed by atoms with Crippen LogP contribution in [0.1, 0.15) is 53.2 Å². The predicted octanol–water partition coefficient (Wildman–Crippen LogP) is 3.96. The Morgan fingerprint density at radius 2 is 2.42 bits per heavy atom. The van der Waals surface area contributed by atoms with E-state index in [2.05, 4.69) is 24.4 Å². The average Bonchev–Trinajstić information content (AvgIpc) is 2.86. The Kier molecular flexibility index (Phi) is 5.20. The summed E-state index contributed by atoms with van der Waals surface area (Å²) < 4.78 is 0. The molecule has 3 heteroatoms. The molecule has 0 fully saturated rings. The lowest BCUT2D eigenvalue weighted by Gasteiger charge is -2.19. The number of hydrogen-bond donors (Lipinski definition) is 1. The van der Waals surface area contributed by atoms with Gasteiger partial charge in [0.05, 0.1) is 4.88 Å². The number of rotatable bonds is 5. The Morgan fingerprint density at radius 3 is 3.16 bits per heavy atom. The number of carbonyl (C=O) groups excluding carboxylic acids is 1. The molecule has 0 aromatic carbocycles. The maximum absolute atomic E-state index is 12.1. The van der Waals surface area contributed by atoms with Crippen molar-refractivity contribution in [3.63, 3.8) is 0 Å². The normalized spacial score (nSPS) is 18.5. The van der Waals surface area contributed by atoms with Crippen LogP contribution in [0.25, 0.3) is 0 Å². The Bertz CT molecular complexity index is 461. The molecule has 0 bridgehead atoms. The minimum Gasteiger partial charge on any atom is -0.351 e. The number of thiophene rings is 1. The molecule has 0 aliphatic heterocycles. The van der Waals surface area contributed by atoms with E-state index >= 15 is 0 Å². The summed E-state index contributed by atoms with van der Waals surface area (Å²) in [5.41, 5.74) is 1.42. The highest BCUT2D eigenvalue weighted by Crippen LogP contribution is 2.33. The zero-order valence-electron chi connectivity index (χ0n) is 11.9. The SMILES string of the molecule is C/C=C/CCNC(=O)c1cc2c(s1)CCC(CC)C2. The Balaban J connectivity index is 1.95. The van der Waals surface area contributed by atoms with Gasteiger partial charge in [-0.3, -0.25) is 4.79 Å². The van der Waals surface area contributed by atoms with Gasteiger partial charge < -0.3 is 5.32 Å². The Labute approximate surface area is 119 Å². The molecule has 104 valence electrons. The van der Waals surface area contributed by atoms with E-state index in [-0.39, 0.29) is 5.91 Å². The first-order valence-corrected chi connectivity index (χ1v) is 8.07. The summed E-state index contributed by atoms with van der Waals surface area (Å²) in [5.74, 6) is 0.907. The van der Waals surface area contributed by atoms with Gasteiger partial charge >= 0.3 is 0 Å². The summed E-state index contributed by atoms with van der Waals surface area (Å²) >= 11 is 1.69. The topological polar surface area (TPSA) is 29.1 Å². The molecule has 0 radical (unpaired) electrons. The van der Waals surface area contributed by atoms with Crippen molar-refractivity contribution in [2.45, 2.75) is 46.0 Å². The Morgan fingerprint density at radius 1 is 1.58 bits per heavy atom. The first-order chi connectivity index (χ1) is 9.24. The van der Waals surface area contributed by atoms with Gasteiger partial charge in [0.2, 0.25) is 0 Å². The number of amides is 1. The van der Waals surface area contributed by atoms with Gasteiger partial charge in [-0.1, -0.05) is 25.5 Å². The van der Waals surface area contributed by atoms with Gasteiger partial charge in [-0.05, 0) is 50.2 Å². The molecule has 19 heavy (non-hydrogen) atoms. The van der Waals surface area contributed by atoms with Crippen molar-refractivity contribution in [3.05, 3.63) is 33.5 Å². The van der Waals surface area contributed by atoms with Crippen molar-refractivity contribution in [3.8, 4) is 0 Å². The summed E-state index contributed by atoms with van der Waals surface area (Å²) in [6, 6.07) is 2.12. The molecule has 0 saturated carbocycles. The number of aryl methyl sites for hydroxylation is 1. The molecule has 1 unspecified atom stereocenters. The van der Waals surface area contributed by atoms with E-state index in [1.165, 1.54) is 23.3 Å². The Hall–Kier alpha value is -1.09. The zero-order valence-corrected chi connectivity index (χ0v) is 12.7. The predicted molar refractivity (Wildman–Crippen MR) is 81.9 cm³/mol. The lowest BCUT2D eigenvalue weighted by atomic mass is 9.87. The van der Waals surface area contributed by atoms with Gasteiger partial charge in [0.25, 0.3) is 5.91 Å². The van der Waals surface area contributed by atoms with Crippen LogP contribution in [0.4, 0.5) is 0 Å². The molecule has 1 aromatic rings. The molecular weight excluding hydrogens is 254 g/mol. The molecular formula is C16H23NOS. The van der Waals surface area contributed by atoms with Crippen LogP contribution >= 0.6 is 11.3 Å². The van der Waals surface area contributed by atoms with E-state index in [9.17, 15) is 4.79 Å². The van der Waals surface area contributed by atoms with Crippen LogP contribution in [-0.2, 0) is 12.8 Å². The van der Waals surface area contributed by atoms with Gasteiger partial charge in [0.15, 0.2) is 0 Å². The van der Waals surface area contributed by atoms with Gasteiger partial charge in [0.1, 0.15) is 0 Å².